The van der Waals surface area contributed by atoms with Crippen LogP contribution in [0.2, 0.25) is 5.02 Å². The van der Waals surface area contributed by atoms with Gasteiger partial charge in [0.05, 0.1) is 5.02 Å². The van der Waals surface area contributed by atoms with E-state index < -0.39 is 0 Å². The topological polar surface area (TPSA) is 12.0 Å². The van der Waals surface area contributed by atoms with Crippen LogP contribution < -0.4 is 5.32 Å². The number of benzene rings is 2. The van der Waals surface area contributed by atoms with E-state index >= 15 is 0 Å². The second-order valence-corrected chi connectivity index (χ2v) is 5.24. The summed E-state index contributed by atoms with van der Waals surface area (Å²) in [7, 11) is 1.88. The van der Waals surface area contributed by atoms with E-state index in [4.69, 9.17) is 11.6 Å². The molecular weight excluding hydrogens is 273 g/mol. The summed E-state index contributed by atoms with van der Waals surface area (Å²) in [5, 5.41) is 3.45. The minimum absolute atomic E-state index is 0.0851. The molecule has 1 atom stereocenters. The molecule has 0 bridgehead atoms. The van der Waals surface area contributed by atoms with Crippen molar-refractivity contribution >= 4 is 11.6 Å². The predicted molar refractivity (Wildman–Crippen MR) is 82.6 cm³/mol. The first-order chi connectivity index (χ1) is 9.72. The Morgan fingerprint density at radius 2 is 1.85 bits per heavy atom. The third-order valence-electron chi connectivity index (χ3n) is 3.51. The van der Waals surface area contributed by atoms with Gasteiger partial charge in [0.1, 0.15) is 5.82 Å². The largest absolute Gasteiger partial charge is 0.313 e. The summed E-state index contributed by atoms with van der Waals surface area (Å²) in [5.74, 6) is -0.354. The molecule has 0 aromatic heterocycles. The third-order valence-corrected chi connectivity index (χ3v) is 3.91. The van der Waals surface area contributed by atoms with Gasteiger partial charge in [0.15, 0.2) is 0 Å². The van der Waals surface area contributed by atoms with Crippen LogP contribution in [0.1, 0.15) is 30.0 Å². The molecule has 106 valence electrons. The van der Waals surface area contributed by atoms with Crippen LogP contribution in [0.5, 0.6) is 0 Å². The minimum Gasteiger partial charge on any atom is -0.313 e. The molecular formula is C17H19ClFN. The first-order valence-electron chi connectivity index (χ1n) is 6.87. The molecule has 1 unspecified atom stereocenters. The quantitative estimate of drug-likeness (QED) is 0.809. The van der Waals surface area contributed by atoms with Crippen molar-refractivity contribution in [1.29, 1.82) is 0 Å². The summed E-state index contributed by atoms with van der Waals surface area (Å²) in [5.41, 5.74) is 2.16. The summed E-state index contributed by atoms with van der Waals surface area (Å²) >= 11 is 6.05. The number of rotatable bonds is 6. The summed E-state index contributed by atoms with van der Waals surface area (Å²) in [4.78, 5) is 0. The van der Waals surface area contributed by atoms with E-state index in [9.17, 15) is 4.39 Å². The molecule has 0 amide bonds. The number of aryl methyl sites for hydroxylation is 1. The lowest BCUT2D eigenvalue weighted by Gasteiger charge is -2.18. The smallest absolute Gasteiger partial charge is 0.142 e. The molecule has 0 heterocycles. The molecule has 0 fully saturated rings. The second-order valence-electron chi connectivity index (χ2n) is 4.86. The Morgan fingerprint density at radius 1 is 1.10 bits per heavy atom. The SMILES string of the molecule is CNC(CCCc1ccccc1)c1cccc(F)c1Cl. The third kappa shape index (κ3) is 3.81. The maximum atomic E-state index is 13.5. The fraction of sp³-hybridized carbons (Fsp3) is 0.294. The van der Waals surface area contributed by atoms with Crippen LogP contribution in [0.25, 0.3) is 0 Å². The number of nitrogens with one attached hydrogen (secondary N) is 1. The van der Waals surface area contributed by atoms with Crippen molar-refractivity contribution in [2.45, 2.75) is 25.3 Å². The van der Waals surface area contributed by atoms with E-state index in [0.717, 1.165) is 24.8 Å². The van der Waals surface area contributed by atoms with Gasteiger partial charge in [0, 0.05) is 6.04 Å². The van der Waals surface area contributed by atoms with Gasteiger partial charge in [-0.05, 0) is 43.5 Å². The Labute approximate surface area is 124 Å². The predicted octanol–water partition coefficient (Wildman–Crippen LogP) is 4.76. The number of halogens is 2. The summed E-state index contributed by atoms with van der Waals surface area (Å²) in [6.07, 6.45) is 2.98. The first-order valence-corrected chi connectivity index (χ1v) is 7.25. The lowest BCUT2D eigenvalue weighted by molar-refractivity contribution is 0.522. The van der Waals surface area contributed by atoms with Gasteiger partial charge in [-0.1, -0.05) is 54.1 Å². The molecule has 3 heteroatoms. The molecule has 2 aromatic rings. The highest BCUT2D eigenvalue weighted by Crippen LogP contribution is 2.28. The maximum absolute atomic E-state index is 13.5. The zero-order chi connectivity index (χ0) is 14.4. The number of hydrogen-bond donors (Lipinski definition) is 1. The highest BCUT2D eigenvalue weighted by atomic mass is 35.5. The fourth-order valence-electron chi connectivity index (χ4n) is 2.40. The van der Waals surface area contributed by atoms with Crippen LogP contribution in [-0.4, -0.2) is 7.05 Å². The van der Waals surface area contributed by atoms with Crippen LogP contribution in [0.4, 0.5) is 4.39 Å². The highest BCUT2D eigenvalue weighted by Gasteiger charge is 2.14. The van der Waals surface area contributed by atoms with Crippen molar-refractivity contribution < 1.29 is 4.39 Å². The zero-order valence-corrected chi connectivity index (χ0v) is 12.3. The average Bonchev–Trinajstić information content (AvgIpc) is 2.48. The van der Waals surface area contributed by atoms with Gasteiger partial charge in [-0.15, -0.1) is 0 Å². The molecule has 0 aliphatic carbocycles. The standard InChI is InChI=1S/C17H19ClFN/c1-20-16(14-10-6-11-15(19)17(14)18)12-5-9-13-7-3-2-4-8-13/h2-4,6-8,10-11,16,20H,5,9,12H2,1H3. The van der Waals surface area contributed by atoms with Crippen molar-refractivity contribution in [1.82, 2.24) is 5.32 Å². The molecule has 2 aromatic carbocycles. The Kier molecular flexibility index (Phi) is 5.57. The van der Waals surface area contributed by atoms with E-state index in [1.54, 1.807) is 6.07 Å². The van der Waals surface area contributed by atoms with Crippen LogP contribution in [0.3, 0.4) is 0 Å². The normalized spacial score (nSPS) is 12.3. The van der Waals surface area contributed by atoms with Crippen molar-refractivity contribution in [2.24, 2.45) is 0 Å². The van der Waals surface area contributed by atoms with Crippen LogP contribution in [-0.2, 0) is 6.42 Å². The molecule has 20 heavy (non-hydrogen) atoms. The van der Waals surface area contributed by atoms with Gasteiger partial charge < -0.3 is 5.32 Å². The number of hydrogen-bond acceptors (Lipinski definition) is 1. The highest BCUT2D eigenvalue weighted by molar-refractivity contribution is 6.31. The van der Waals surface area contributed by atoms with Crippen molar-refractivity contribution in [3.63, 3.8) is 0 Å². The van der Waals surface area contributed by atoms with Gasteiger partial charge in [-0.2, -0.15) is 0 Å². The van der Waals surface area contributed by atoms with E-state index in [2.05, 4.69) is 17.4 Å². The molecule has 0 saturated carbocycles. The van der Waals surface area contributed by atoms with E-state index in [-0.39, 0.29) is 16.9 Å². The molecule has 0 aliphatic heterocycles. The van der Waals surface area contributed by atoms with Crippen molar-refractivity contribution in [3.8, 4) is 0 Å². The lowest BCUT2D eigenvalue weighted by atomic mass is 9.99. The zero-order valence-electron chi connectivity index (χ0n) is 11.6. The Hall–Kier alpha value is -1.38. The van der Waals surface area contributed by atoms with Gasteiger partial charge in [0.25, 0.3) is 0 Å². The molecule has 1 nitrogen and oxygen atoms in total. The molecule has 1 N–H and O–H groups in total. The maximum Gasteiger partial charge on any atom is 0.142 e. The molecule has 0 saturated heterocycles. The van der Waals surface area contributed by atoms with E-state index in [1.165, 1.54) is 11.6 Å². The molecule has 0 spiro atoms. The van der Waals surface area contributed by atoms with Crippen LogP contribution >= 0.6 is 11.6 Å². The summed E-state index contributed by atoms with van der Waals surface area (Å²) < 4.78 is 13.5. The Balaban J connectivity index is 1.97. The molecule has 0 aliphatic rings. The lowest BCUT2D eigenvalue weighted by Crippen LogP contribution is -2.17. The van der Waals surface area contributed by atoms with Crippen molar-refractivity contribution in [2.75, 3.05) is 7.05 Å². The van der Waals surface area contributed by atoms with Gasteiger partial charge >= 0.3 is 0 Å². The Bertz CT molecular complexity index is 542. The van der Waals surface area contributed by atoms with E-state index in [1.807, 2.05) is 31.3 Å². The van der Waals surface area contributed by atoms with Crippen molar-refractivity contribution in [3.05, 3.63) is 70.5 Å². The summed E-state index contributed by atoms with van der Waals surface area (Å²) in [6.45, 7) is 0. The first kappa shape index (κ1) is 15.0. The van der Waals surface area contributed by atoms with Crippen LogP contribution in [0.15, 0.2) is 48.5 Å². The van der Waals surface area contributed by atoms with E-state index in [0.29, 0.717) is 0 Å². The Morgan fingerprint density at radius 3 is 2.55 bits per heavy atom. The van der Waals surface area contributed by atoms with Gasteiger partial charge in [-0.3, -0.25) is 0 Å². The van der Waals surface area contributed by atoms with Gasteiger partial charge in [0.2, 0.25) is 0 Å². The van der Waals surface area contributed by atoms with Crippen LogP contribution in [0, 0.1) is 5.82 Å². The van der Waals surface area contributed by atoms with Gasteiger partial charge in [-0.25, -0.2) is 4.39 Å². The fourth-order valence-corrected chi connectivity index (χ4v) is 2.66. The summed E-state index contributed by atoms with van der Waals surface area (Å²) in [6, 6.07) is 15.4. The second kappa shape index (κ2) is 7.41. The average molecular weight is 292 g/mol. The monoisotopic (exact) mass is 291 g/mol. The molecule has 2 rings (SSSR count). The molecule has 0 radical (unpaired) electrons. The minimum atomic E-state index is -0.354.